The number of halogens is 1. The number of hydrogen-bond donors (Lipinski definition) is 1. The third-order valence-electron chi connectivity index (χ3n) is 5.18. The van der Waals surface area contributed by atoms with Crippen LogP contribution in [0.1, 0.15) is 24.6 Å². The highest BCUT2D eigenvalue weighted by molar-refractivity contribution is 7.89. The zero-order chi connectivity index (χ0) is 21.3. The van der Waals surface area contributed by atoms with Gasteiger partial charge in [0.25, 0.3) is 0 Å². The highest BCUT2D eigenvalue weighted by atomic mass is 32.2. The number of nitrogens with two attached hydrogens (primary N) is 1. The lowest BCUT2D eigenvalue weighted by molar-refractivity contribution is 0.391. The zero-order valence-electron chi connectivity index (χ0n) is 16.3. The molecular weight excluding hydrogens is 407 g/mol. The molecule has 9 heteroatoms. The predicted octanol–water partition coefficient (Wildman–Crippen LogP) is 3.40. The molecule has 0 saturated carbocycles. The number of ether oxygens (including phenoxy) is 1. The second-order valence-electron chi connectivity index (χ2n) is 6.98. The molecule has 0 bridgehead atoms. The van der Waals surface area contributed by atoms with Crippen molar-refractivity contribution in [1.29, 1.82) is 0 Å². The van der Waals surface area contributed by atoms with Gasteiger partial charge in [0.1, 0.15) is 11.6 Å². The van der Waals surface area contributed by atoms with Crippen molar-refractivity contribution in [1.82, 2.24) is 14.3 Å². The summed E-state index contributed by atoms with van der Waals surface area (Å²) in [6.07, 6.45) is 2.89. The summed E-state index contributed by atoms with van der Waals surface area (Å²) < 4.78 is 46.4. The van der Waals surface area contributed by atoms with Gasteiger partial charge in [0, 0.05) is 18.3 Å². The van der Waals surface area contributed by atoms with Gasteiger partial charge in [0.2, 0.25) is 16.0 Å². The third-order valence-corrected chi connectivity index (χ3v) is 7.10. The Morgan fingerprint density at radius 2 is 1.83 bits per heavy atom. The monoisotopic (exact) mass is 428 g/mol. The molecule has 1 fully saturated rings. The maximum atomic E-state index is 13.3. The van der Waals surface area contributed by atoms with E-state index in [1.807, 2.05) is 24.3 Å². The Balaban J connectivity index is 1.77. The van der Waals surface area contributed by atoms with Crippen LogP contribution in [0.4, 0.5) is 10.3 Å². The molecule has 0 aliphatic carbocycles. The van der Waals surface area contributed by atoms with Crippen LogP contribution in [0.5, 0.6) is 5.75 Å². The minimum Gasteiger partial charge on any atom is -0.497 e. The molecule has 1 aliphatic rings. The fraction of sp³-hybridized carbons (Fsp3) is 0.238. The van der Waals surface area contributed by atoms with E-state index in [4.69, 9.17) is 10.5 Å². The van der Waals surface area contributed by atoms with E-state index < -0.39 is 21.9 Å². The van der Waals surface area contributed by atoms with Crippen molar-refractivity contribution in [3.05, 3.63) is 66.2 Å². The average molecular weight is 428 g/mol. The number of hydrogen-bond acceptors (Lipinski definition) is 6. The Bertz CT molecular complexity index is 1150. The predicted molar refractivity (Wildman–Crippen MR) is 111 cm³/mol. The van der Waals surface area contributed by atoms with Crippen LogP contribution in [0.3, 0.4) is 0 Å². The molecule has 0 radical (unpaired) electrons. The van der Waals surface area contributed by atoms with Crippen molar-refractivity contribution >= 4 is 16.0 Å². The highest BCUT2D eigenvalue weighted by Crippen LogP contribution is 2.40. The molecule has 3 aromatic rings. The van der Waals surface area contributed by atoms with Crippen molar-refractivity contribution in [2.75, 3.05) is 19.4 Å². The van der Waals surface area contributed by atoms with Crippen molar-refractivity contribution in [2.45, 2.75) is 23.8 Å². The van der Waals surface area contributed by atoms with Gasteiger partial charge in [0.05, 0.1) is 23.7 Å². The number of sulfonamides is 1. The van der Waals surface area contributed by atoms with E-state index >= 15 is 0 Å². The number of nitrogen functional groups attached to an aromatic ring is 1. The Kier molecular flexibility index (Phi) is 5.40. The number of rotatable bonds is 5. The molecule has 4 rings (SSSR count). The fourth-order valence-corrected chi connectivity index (χ4v) is 5.36. The smallest absolute Gasteiger partial charge is 0.243 e. The topological polar surface area (TPSA) is 98.4 Å². The van der Waals surface area contributed by atoms with Gasteiger partial charge in [-0.2, -0.15) is 4.31 Å². The third kappa shape index (κ3) is 3.73. The minimum atomic E-state index is -3.83. The van der Waals surface area contributed by atoms with Crippen LogP contribution in [-0.4, -0.2) is 36.3 Å². The first-order valence-corrected chi connectivity index (χ1v) is 10.9. The van der Waals surface area contributed by atoms with E-state index in [-0.39, 0.29) is 10.8 Å². The summed E-state index contributed by atoms with van der Waals surface area (Å²) in [4.78, 5) is 8.57. The van der Waals surface area contributed by atoms with Gasteiger partial charge in [-0.3, -0.25) is 0 Å². The molecule has 1 atom stereocenters. The maximum Gasteiger partial charge on any atom is 0.243 e. The molecule has 0 amide bonds. The van der Waals surface area contributed by atoms with Gasteiger partial charge in [0.15, 0.2) is 0 Å². The number of nitrogens with zero attached hydrogens (tertiary/aromatic N) is 3. The van der Waals surface area contributed by atoms with E-state index in [0.29, 0.717) is 36.4 Å². The first kappa shape index (κ1) is 20.2. The summed E-state index contributed by atoms with van der Waals surface area (Å²) >= 11 is 0. The van der Waals surface area contributed by atoms with Gasteiger partial charge >= 0.3 is 0 Å². The van der Waals surface area contributed by atoms with E-state index in [9.17, 15) is 12.8 Å². The van der Waals surface area contributed by atoms with Crippen LogP contribution in [0, 0.1) is 5.82 Å². The molecule has 0 spiro atoms. The normalized spacial score (nSPS) is 17.2. The molecular formula is C21H21FN4O3S. The summed E-state index contributed by atoms with van der Waals surface area (Å²) in [6.45, 7) is 0.344. The highest BCUT2D eigenvalue weighted by Gasteiger charge is 2.38. The molecule has 2 aromatic carbocycles. The summed E-state index contributed by atoms with van der Waals surface area (Å²) in [7, 11) is -2.24. The van der Waals surface area contributed by atoms with E-state index in [2.05, 4.69) is 9.97 Å². The average Bonchev–Trinajstić information content (AvgIpc) is 3.25. The van der Waals surface area contributed by atoms with Crippen molar-refractivity contribution in [2.24, 2.45) is 0 Å². The lowest BCUT2D eigenvalue weighted by Gasteiger charge is -2.25. The Labute approximate surface area is 174 Å². The van der Waals surface area contributed by atoms with Crippen molar-refractivity contribution in [3.8, 4) is 16.9 Å². The van der Waals surface area contributed by atoms with Gasteiger partial charge < -0.3 is 10.5 Å². The molecule has 1 aromatic heterocycles. The quantitative estimate of drug-likeness (QED) is 0.669. The number of methoxy groups -OCH3 is 1. The van der Waals surface area contributed by atoms with Crippen LogP contribution < -0.4 is 10.5 Å². The SMILES string of the molecule is COc1ccc(-c2cnc(N)nc2[C@@H]2CCCN2S(=O)(=O)c2ccc(F)cc2)cc1. The first-order chi connectivity index (χ1) is 14.4. The maximum absolute atomic E-state index is 13.3. The van der Waals surface area contributed by atoms with Gasteiger partial charge in [-0.25, -0.2) is 22.8 Å². The van der Waals surface area contributed by atoms with Gasteiger partial charge in [-0.15, -0.1) is 0 Å². The van der Waals surface area contributed by atoms with Crippen molar-refractivity contribution < 1.29 is 17.5 Å². The molecule has 0 unspecified atom stereocenters. The van der Waals surface area contributed by atoms with E-state index in [0.717, 1.165) is 17.7 Å². The van der Waals surface area contributed by atoms with Crippen LogP contribution in [0.15, 0.2) is 59.6 Å². The van der Waals surface area contributed by atoms with Crippen LogP contribution in [0.2, 0.25) is 0 Å². The van der Waals surface area contributed by atoms with Crippen LogP contribution in [-0.2, 0) is 10.0 Å². The molecule has 1 aliphatic heterocycles. The summed E-state index contributed by atoms with van der Waals surface area (Å²) in [6, 6.07) is 11.7. The molecule has 156 valence electrons. The molecule has 2 N–H and O–H groups in total. The Hall–Kier alpha value is -3.04. The second-order valence-corrected chi connectivity index (χ2v) is 8.87. The lowest BCUT2D eigenvalue weighted by atomic mass is 10.0. The standard InChI is InChI=1S/C21H21FN4O3S/c1-29-16-8-4-14(5-9-16)18-13-24-21(23)25-20(18)19-3-2-12-26(19)30(27,28)17-10-6-15(22)7-11-17/h4-11,13,19H,2-3,12H2,1H3,(H2,23,24,25)/t19-/m0/s1. The van der Waals surface area contributed by atoms with Gasteiger partial charge in [-0.1, -0.05) is 12.1 Å². The summed E-state index contributed by atoms with van der Waals surface area (Å²) in [5, 5.41) is 0. The molecule has 30 heavy (non-hydrogen) atoms. The number of benzene rings is 2. The molecule has 2 heterocycles. The lowest BCUT2D eigenvalue weighted by Crippen LogP contribution is -2.31. The fourth-order valence-electron chi connectivity index (χ4n) is 3.70. The first-order valence-electron chi connectivity index (χ1n) is 9.44. The zero-order valence-corrected chi connectivity index (χ0v) is 17.1. The van der Waals surface area contributed by atoms with E-state index in [1.165, 1.54) is 16.4 Å². The van der Waals surface area contributed by atoms with E-state index in [1.54, 1.807) is 13.3 Å². The van der Waals surface area contributed by atoms with Crippen LogP contribution in [0.25, 0.3) is 11.1 Å². The largest absolute Gasteiger partial charge is 0.497 e. The van der Waals surface area contributed by atoms with Gasteiger partial charge in [-0.05, 0) is 54.8 Å². The summed E-state index contributed by atoms with van der Waals surface area (Å²) in [5.74, 6) is 0.295. The number of aromatic nitrogens is 2. The van der Waals surface area contributed by atoms with Crippen LogP contribution >= 0.6 is 0 Å². The Morgan fingerprint density at radius 1 is 1.13 bits per heavy atom. The van der Waals surface area contributed by atoms with Crippen molar-refractivity contribution in [3.63, 3.8) is 0 Å². The molecule has 7 nitrogen and oxygen atoms in total. The second kappa shape index (κ2) is 8.00. The molecule has 1 saturated heterocycles. The Morgan fingerprint density at radius 3 is 2.50 bits per heavy atom. The summed E-state index contributed by atoms with van der Waals surface area (Å²) in [5.41, 5.74) is 7.94. The minimum absolute atomic E-state index is 0.0452. The number of anilines is 1.